The zero-order valence-corrected chi connectivity index (χ0v) is 11.8. The number of halogens is 2. The quantitative estimate of drug-likeness (QED) is 0.632. The standard InChI is InChI=1S/C14H10BrClN2/c15-8-10-5-6-14(12(16)7-10)18-13-4-2-1-3-11(13)9-17-18/h1-7,9H,8H2. The topological polar surface area (TPSA) is 17.8 Å². The van der Waals surface area contributed by atoms with E-state index in [-0.39, 0.29) is 0 Å². The first-order valence-electron chi connectivity index (χ1n) is 5.57. The summed E-state index contributed by atoms with van der Waals surface area (Å²) in [5.41, 5.74) is 3.12. The van der Waals surface area contributed by atoms with Crippen LogP contribution in [0.3, 0.4) is 0 Å². The summed E-state index contributed by atoms with van der Waals surface area (Å²) in [7, 11) is 0. The number of alkyl halides is 1. The van der Waals surface area contributed by atoms with Gasteiger partial charge in [0.25, 0.3) is 0 Å². The Bertz CT molecular complexity index is 706. The fourth-order valence-electron chi connectivity index (χ4n) is 1.97. The maximum absolute atomic E-state index is 6.32. The van der Waals surface area contributed by atoms with Crippen LogP contribution in [-0.4, -0.2) is 9.78 Å². The van der Waals surface area contributed by atoms with Crippen molar-refractivity contribution in [3.8, 4) is 5.69 Å². The average molecular weight is 322 g/mol. The molecule has 0 radical (unpaired) electrons. The normalized spacial score (nSPS) is 11.0. The predicted octanol–water partition coefficient (Wildman–Crippen LogP) is 4.57. The first-order valence-corrected chi connectivity index (χ1v) is 7.07. The molecular weight excluding hydrogens is 312 g/mol. The van der Waals surface area contributed by atoms with Gasteiger partial charge in [0.2, 0.25) is 0 Å². The van der Waals surface area contributed by atoms with E-state index >= 15 is 0 Å². The number of fused-ring (bicyclic) bond motifs is 1. The fraction of sp³-hybridized carbons (Fsp3) is 0.0714. The SMILES string of the molecule is Clc1cc(CBr)ccc1-n1ncc2ccccc21. The number of nitrogens with zero attached hydrogens (tertiary/aromatic N) is 2. The summed E-state index contributed by atoms with van der Waals surface area (Å²) >= 11 is 9.74. The van der Waals surface area contributed by atoms with Crippen LogP contribution in [0.2, 0.25) is 5.02 Å². The zero-order valence-electron chi connectivity index (χ0n) is 9.48. The fourth-order valence-corrected chi connectivity index (χ4v) is 2.60. The van der Waals surface area contributed by atoms with Gasteiger partial charge in [-0.05, 0) is 23.8 Å². The Morgan fingerprint density at radius 2 is 2.00 bits per heavy atom. The third-order valence-corrected chi connectivity index (χ3v) is 3.82. The third kappa shape index (κ3) is 1.93. The number of benzene rings is 2. The van der Waals surface area contributed by atoms with Crippen molar-refractivity contribution in [1.82, 2.24) is 9.78 Å². The van der Waals surface area contributed by atoms with E-state index in [1.807, 2.05) is 53.3 Å². The second-order valence-corrected chi connectivity index (χ2v) is 5.00. The summed E-state index contributed by atoms with van der Waals surface area (Å²) in [4.78, 5) is 0. The Labute approximate surface area is 118 Å². The summed E-state index contributed by atoms with van der Waals surface area (Å²) in [5, 5.41) is 7.02. The molecule has 3 aromatic rings. The zero-order chi connectivity index (χ0) is 12.5. The van der Waals surface area contributed by atoms with Gasteiger partial charge in [0.15, 0.2) is 0 Å². The lowest BCUT2D eigenvalue weighted by molar-refractivity contribution is 0.910. The second-order valence-electron chi connectivity index (χ2n) is 4.03. The van der Waals surface area contributed by atoms with Crippen molar-refractivity contribution in [2.75, 3.05) is 0 Å². The molecule has 4 heteroatoms. The molecule has 0 saturated heterocycles. The largest absolute Gasteiger partial charge is 0.232 e. The summed E-state index contributed by atoms with van der Waals surface area (Å²) in [6.45, 7) is 0. The van der Waals surface area contributed by atoms with E-state index in [0.29, 0.717) is 5.02 Å². The van der Waals surface area contributed by atoms with Gasteiger partial charge in [0.05, 0.1) is 22.4 Å². The Morgan fingerprint density at radius 1 is 1.17 bits per heavy atom. The molecule has 0 spiro atoms. The van der Waals surface area contributed by atoms with E-state index in [1.165, 1.54) is 0 Å². The Kier molecular flexibility index (Phi) is 3.10. The third-order valence-electron chi connectivity index (χ3n) is 2.87. The Morgan fingerprint density at radius 3 is 2.78 bits per heavy atom. The molecule has 2 nitrogen and oxygen atoms in total. The molecule has 2 aromatic carbocycles. The highest BCUT2D eigenvalue weighted by molar-refractivity contribution is 9.08. The van der Waals surface area contributed by atoms with Crippen LogP contribution in [0.25, 0.3) is 16.6 Å². The second kappa shape index (κ2) is 4.75. The van der Waals surface area contributed by atoms with Gasteiger partial charge >= 0.3 is 0 Å². The maximum Gasteiger partial charge on any atom is 0.0839 e. The molecule has 0 amide bonds. The number of hydrogen-bond donors (Lipinski definition) is 0. The Hall–Kier alpha value is -1.32. The summed E-state index contributed by atoms with van der Waals surface area (Å²) < 4.78 is 1.87. The highest BCUT2D eigenvalue weighted by Crippen LogP contribution is 2.25. The number of hydrogen-bond acceptors (Lipinski definition) is 1. The molecule has 0 aliphatic carbocycles. The monoisotopic (exact) mass is 320 g/mol. The molecule has 0 atom stereocenters. The van der Waals surface area contributed by atoms with Gasteiger partial charge in [-0.25, -0.2) is 4.68 Å². The van der Waals surface area contributed by atoms with Gasteiger partial charge in [-0.1, -0.05) is 51.8 Å². The van der Waals surface area contributed by atoms with Crippen molar-refractivity contribution in [3.63, 3.8) is 0 Å². The van der Waals surface area contributed by atoms with E-state index in [1.54, 1.807) is 0 Å². The van der Waals surface area contributed by atoms with Crippen molar-refractivity contribution in [2.45, 2.75) is 5.33 Å². The van der Waals surface area contributed by atoms with Gasteiger partial charge in [0, 0.05) is 10.7 Å². The molecule has 0 fully saturated rings. The molecule has 0 aliphatic rings. The van der Waals surface area contributed by atoms with Crippen molar-refractivity contribution in [3.05, 3.63) is 59.2 Å². The first kappa shape index (κ1) is 11.8. The van der Waals surface area contributed by atoms with Crippen LogP contribution in [0.4, 0.5) is 0 Å². The molecular formula is C14H10BrClN2. The van der Waals surface area contributed by atoms with E-state index < -0.39 is 0 Å². The highest BCUT2D eigenvalue weighted by Gasteiger charge is 2.08. The Balaban J connectivity index is 2.20. The van der Waals surface area contributed by atoms with Crippen molar-refractivity contribution < 1.29 is 0 Å². The molecule has 0 bridgehead atoms. The van der Waals surface area contributed by atoms with Crippen LogP contribution in [0, 0.1) is 0 Å². The van der Waals surface area contributed by atoms with Crippen LogP contribution in [0.5, 0.6) is 0 Å². The van der Waals surface area contributed by atoms with E-state index in [2.05, 4.69) is 21.0 Å². The smallest absolute Gasteiger partial charge is 0.0839 e. The van der Waals surface area contributed by atoms with Gasteiger partial charge in [-0.2, -0.15) is 5.10 Å². The number of para-hydroxylation sites is 1. The molecule has 0 aliphatic heterocycles. The highest BCUT2D eigenvalue weighted by atomic mass is 79.9. The van der Waals surface area contributed by atoms with Crippen molar-refractivity contribution in [1.29, 1.82) is 0 Å². The maximum atomic E-state index is 6.32. The van der Waals surface area contributed by atoms with Crippen LogP contribution in [0.15, 0.2) is 48.7 Å². The van der Waals surface area contributed by atoms with Gasteiger partial charge < -0.3 is 0 Å². The molecule has 3 rings (SSSR count). The minimum absolute atomic E-state index is 0.709. The van der Waals surface area contributed by atoms with Crippen LogP contribution < -0.4 is 0 Å². The molecule has 18 heavy (non-hydrogen) atoms. The molecule has 90 valence electrons. The lowest BCUT2D eigenvalue weighted by Crippen LogP contribution is -1.97. The van der Waals surface area contributed by atoms with Crippen molar-refractivity contribution >= 4 is 38.4 Å². The molecule has 0 N–H and O–H groups in total. The first-order chi connectivity index (χ1) is 8.79. The van der Waals surface area contributed by atoms with Crippen LogP contribution >= 0.6 is 27.5 Å². The van der Waals surface area contributed by atoms with E-state index in [0.717, 1.165) is 27.5 Å². The molecule has 0 unspecified atom stereocenters. The average Bonchev–Trinajstić information content (AvgIpc) is 2.82. The van der Waals surface area contributed by atoms with Crippen molar-refractivity contribution in [2.24, 2.45) is 0 Å². The van der Waals surface area contributed by atoms with E-state index in [4.69, 9.17) is 11.6 Å². The predicted molar refractivity (Wildman–Crippen MR) is 78.7 cm³/mol. The van der Waals surface area contributed by atoms with Crippen LogP contribution in [-0.2, 0) is 5.33 Å². The molecule has 1 heterocycles. The van der Waals surface area contributed by atoms with Crippen LogP contribution in [0.1, 0.15) is 5.56 Å². The van der Waals surface area contributed by atoms with Gasteiger partial charge in [-0.15, -0.1) is 0 Å². The summed E-state index contributed by atoms with van der Waals surface area (Å²) in [5.74, 6) is 0. The van der Waals surface area contributed by atoms with Gasteiger partial charge in [0.1, 0.15) is 0 Å². The minimum atomic E-state index is 0.709. The van der Waals surface area contributed by atoms with E-state index in [9.17, 15) is 0 Å². The van der Waals surface area contributed by atoms with Gasteiger partial charge in [-0.3, -0.25) is 0 Å². The molecule has 1 aromatic heterocycles. The lowest BCUT2D eigenvalue weighted by Gasteiger charge is -2.07. The molecule has 0 saturated carbocycles. The number of aromatic nitrogens is 2. The lowest BCUT2D eigenvalue weighted by atomic mass is 10.2. The minimum Gasteiger partial charge on any atom is -0.232 e. The number of rotatable bonds is 2. The summed E-state index contributed by atoms with van der Waals surface area (Å²) in [6, 6.07) is 14.1. The summed E-state index contributed by atoms with van der Waals surface area (Å²) in [6.07, 6.45) is 1.85.